The molecule has 2 aromatic rings. The molecular formula is C19H26N4O2. The third-order valence-electron chi connectivity index (χ3n) is 4.02. The summed E-state index contributed by atoms with van der Waals surface area (Å²) < 4.78 is 10.8. The lowest BCUT2D eigenvalue weighted by molar-refractivity contribution is 0.394. The van der Waals surface area contributed by atoms with Crippen molar-refractivity contribution in [2.75, 3.05) is 21.3 Å². The molecular weight excluding hydrogens is 316 g/mol. The molecule has 6 heteroatoms. The topological polar surface area (TPSA) is 67.8 Å². The summed E-state index contributed by atoms with van der Waals surface area (Å²) in [5, 5.41) is 6.67. The second-order valence-corrected chi connectivity index (χ2v) is 5.67. The van der Waals surface area contributed by atoms with E-state index in [0.29, 0.717) is 12.5 Å². The standard InChI is InChI=1S/C19H26N4O2/c1-13-7-6-10-21-17(13)12-22-19(20-3)23-14(2)16-11-15(24-4)8-9-18(16)25-5/h6-11,14H,12H2,1-5H3,(H2,20,22,23). The highest BCUT2D eigenvalue weighted by Gasteiger charge is 2.14. The van der Waals surface area contributed by atoms with Crippen LogP contribution in [0, 0.1) is 6.92 Å². The van der Waals surface area contributed by atoms with Crippen LogP contribution in [-0.2, 0) is 6.54 Å². The van der Waals surface area contributed by atoms with E-state index in [1.54, 1.807) is 27.5 Å². The van der Waals surface area contributed by atoms with E-state index >= 15 is 0 Å². The number of aliphatic imine (C=N–C) groups is 1. The molecule has 1 aromatic heterocycles. The second-order valence-electron chi connectivity index (χ2n) is 5.67. The molecule has 0 aliphatic carbocycles. The predicted molar refractivity (Wildman–Crippen MR) is 100 cm³/mol. The van der Waals surface area contributed by atoms with Gasteiger partial charge in [-0.15, -0.1) is 0 Å². The summed E-state index contributed by atoms with van der Waals surface area (Å²) in [5.41, 5.74) is 3.14. The van der Waals surface area contributed by atoms with E-state index in [4.69, 9.17) is 9.47 Å². The lowest BCUT2D eigenvalue weighted by atomic mass is 10.1. The Morgan fingerprint density at radius 1 is 1.24 bits per heavy atom. The number of methoxy groups -OCH3 is 2. The van der Waals surface area contributed by atoms with Gasteiger partial charge in [0, 0.05) is 18.8 Å². The summed E-state index contributed by atoms with van der Waals surface area (Å²) in [6, 6.07) is 9.71. The maximum Gasteiger partial charge on any atom is 0.191 e. The molecule has 0 amide bonds. The van der Waals surface area contributed by atoms with Crippen molar-refractivity contribution in [1.29, 1.82) is 0 Å². The van der Waals surface area contributed by atoms with Crippen molar-refractivity contribution in [2.45, 2.75) is 26.4 Å². The summed E-state index contributed by atoms with van der Waals surface area (Å²) in [6.45, 7) is 4.70. The smallest absolute Gasteiger partial charge is 0.191 e. The van der Waals surface area contributed by atoms with Crippen LogP contribution in [0.1, 0.15) is 29.8 Å². The highest BCUT2D eigenvalue weighted by atomic mass is 16.5. The van der Waals surface area contributed by atoms with E-state index in [1.807, 2.05) is 37.3 Å². The molecule has 6 nitrogen and oxygen atoms in total. The van der Waals surface area contributed by atoms with Gasteiger partial charge in [0.25, 0.3) is 0 Å². The number of guanidine groups is 1. The molecule has 1 aromatic carbocycles. The normalized spacial score (nSPS) is 12.4. The van der Waals surface area contributed by atoms with Gasteiger partial charge in [0.05, 0.1) is 32.5 Å². The van der Waals surface area contributed by atoms with Gasteiger partial charge >= 0.3 is 0 Å². The Balaban J connectivity index is 2.07. The second kappa shape index (κ2) is 8.92. The third kappa shape index (κ3) is 4.86. The predicted octanol–water partition coefficient (Wildman–Crippen LogP) is 2.83. The van der Waals surface area contributed by atoms with Crippen molar-refractivity contribution in [3.8, 4) is 11.5 Å². The van der Waals surface area contributed by atoms with Gasteiger partial charge in [-0.05, 0) is 43.7 Å². The van der Waals surface area contributed by atoms with Crippen molar-refractivity contribution >= 4 is 5.96 Å². The van der Waals surface area contributed by atoms with E-state index in [1.165, 1.54) is 0 Å². The number of hydrogen-bond acceptors (Lipinski definition) is 4. The Kier molecular flexibility index (Phi) is 6.62. The largest absolute Gasteiger partial charge is 0.497 e. The summed E-state index contributed by atoms with van der Waals surface area (Å²) in [7, 11) is 5.06. The summed E-state index contributed by atoms with van der Waals surface area (Å²) >= 11 is 0. The third-order valence-corrected chi connectivity index (χ3v) is 4.02. The zero-order valence-corrected chi connectivity index (χ0v) is 15.5. The summed E-state index contributed by atoms with van der Waals surface area (Å²) in [5.74, 6) is 2.29. The number of aryl methyl sites for hydroxylation is 1. The maximum absolute atomic E-state index is 5.46. The molecule has 2 rings (SSSR count). The van der Waals surface area contributed by atoms with Gasteiger partial charge in [-0.3, -0.25) is 9.98 Å². The fourth-order valence-electron chi connectivity index (χ4n) is 2.53. The van der Waals surface area contributed by atoms with Crippen molar-refractivity contribution < 1.29 is 9.47 Å². The van der Waals surface area contributed by atoms with Crippen LogP contribution in [0.25, 0.3) is 0 Å². The van der Waals surface area contributed by atoms with Crippen molar-refractivity contribution in [1.82, 2.24) is 15.6 Å². The number of ether oxygens (including phenoxy) is 2. The van der Waals surface area contributed by atoms with Crippen molar-refractivity contribution in [3.63, 3.8) is 0 Å². The fourth-order valence-corrected chi connectivity index (χ4v) is 2.53. The Bertz CT molecular complexity index is 731. The fraction of sp³-hybridized carbons (Fsp3) is 0.368. The van der Waals surface area contributed by atoms with Crippen molar-refractivity contribution in [3.05, 3.63) is 53.3 Å². The lowest BCUT2D eigenvalue weighted by Gasteiger charge is -2.21. The Hall–Kier alpha value is -2.76. The van der Waals surface area contributed by atoms with Gasteiger partial charge in [0.1, 0.15) is 11.5 Å². The molecule has 134 valence electrons. The van der Waals surface area contributed by atoms with Crippen LogP contribution in [-0.4, -0.2) is 32.2 Å². The first-order valence-electron chi connectivity index (χ1n) is 8.18. The molecule has 1 atom stereocenters. The first kappa shape index (κ1) is 18.6. The number of pyridine rings is 1. The SMILES string of the molecule is CN=C(NCc1ncccc1C)NC(C)c1cc(OC)ccc1OC. The van der Waals surface area contributed by atoms with Crippen molar-refractivity contribution in [2.24, 2.45) is 4.99 Å². The summed E-state index contributed by atoms with van der Waals surface area (Å²) in [4.78, 5) is 8.68. The minimum atomic E-state index is -0.0129. The maximum atomic E-state index is 5.46. The zero-order valence-electron chi connectivity index (χ0n) is 15.5. The van der Waals surface area contributed by atoms with Gasteiger partial charge in [-0.25, -0.2) is 0 Å². The Morgan fingerprint density at radius 3 is 2.68 bits per heavy atom. The minimum absolute atomic E-state index is 0.0129. The monoisotopic (exact) mass is 342 g/mol. The van der Waals surface area contributed by atoms with Gasteiger partial charge in [-0.1, -0.05) is 6.07 Å². The average molecular weight is 342 g/mol. The molecule has 0 saturated carbocycles. The minimum Gasteiger partial charge on any atom is -0.497 e. The van der Waals surface area contributed by atoms with Crippen LogP contribution in [0.4, 0.5) is 0 Å². The zero-order chi connectivity index (χ0) is 18.2. The highest BCUT2D eigenvalue weighted by Crippen LogP contribution is 2.29. The van der Waals surface area contributed by atoms with Crippen LogP contribution < -0.4 is 20.1 Å². The van der Waals surface area contributed by atoms with Crippen LogP contribution in [0.3, 0.4) is 0 Å². The van der Waals surface area contributed by atoms with Crippen LogP contribution in [0.5, 0.6) is 11.5 Å². The number of hydrogen-bond donors (Lipinski definition) is 2. The van der Waals surface area contributed by atoms with Gasteiger partial charge in [-0.2, -0.15) is 0 Å². The molecule has 0 spiro atoms. The van der Waals surface area contributed by atoms with Crippen LogP contribution in [0.15, 0.2) is 41.5 Å². The number of nitrogens with zero attached hydrogens (tertiary/aromatic N) is 2. The molecule has 1 heterocycles. The first-order valence-corrected chi connectivity index (χ1v) is 8.18. The quantitative estimate of drug-likeness (QED) is 0.624. The first-order chi connectivity index (χ1) is 12.1. The molecule has 0 radical (unpaired) electrons. The van der Waals surface area contributed by atoms with E-state index in [2.05, 4.69) is 27.5 Å². The molecule has 1 unspecified atom stereocenters. The molecule has 0 fully saturated rings. The van der Waals surface area contributed by atoms with Crippen LogP contribution >= 0.6 is 0 Å². The number of rotatable bonds is 6. The van der Waals surface area contributed by atoms with Gasteiger partial charge in [0.2, 0.25) is 0 Å². The molecule has 0 aliphatic rings. The average Bonchev–Trinajstić information content (AvgIpc) is 2.65. The lowest BCUT2D eigenvalue weighted by Crippen LogP contribution is -2.38. The highest BCUT2D eigenvalue weighted by molar-refractivity contribution is 5.80. The van der Waals surface area contributed by atoms with Gasteiger partial charge in [0.15, 0.2) is 5.96 Å². The van der Waals surface area contributed by atoms with Crippen LogP contribution in [0.2, 0.25) is 0 Å². The van der Waals surface area contributed by atoms with E-state index in [9.17, 15) is 0 Å². The Morgan fingerprint density at radius 2 is 2.04 bits per heavy atom. The van der Waals surface area contributed by atoms with E-state index in [-0.39, 0.29) is 6.04 Å². The molecule has 0 bridgehead atoms. The molecule has 0 aliphatic heterocycles. The Labute approximate surface area is 149 Å². The summed E-state index contributed by atoms with van der Waals surface area (Å²) in [6.07, 6.45) is 1.80. The van der Waals surface area contributed by atoms with Gasteiger partial charge < -0.3 is 20.1 Å². The van der Waals surface area contributed by atoms with E-state index in [0.717, 1.165) is 28.3 Å². The molecule has 0 saturated heterocycles. The van der Waals surface area contributed by atoms with E-state index < -0.39 is 0 Å². The number of benzene rings is 1. The molecule has 2 N–H and O–H groups in total. The number of aromatic nitrogens is 1. The number of nitrogens with one attached hydrogen (secondary N) is 2. The molecule has 25 heavy (non-hydrogen) atoms.